The van der Waals surface area contributed by atoms with Crippen LogP contribution in [-0.2, 0) is 44.6 Å². The zero-order chi connectivity index (χ0) is 23.2. The molecule has 11 heteroatoms. The maximum atomic E-state index is 12.3. The van der Waals surface area contributed by atoms with Crippen LogP contribution in [-0.4, -0.2) is 71.4 Å². The van der Waals surface area contributed by atoms with Crippen molar-refractivity contribution in [3.63, 3.8) is 0 Å². The van der Waals surface area contributed by atoms with Crippen molar-refractivity contribution in [2.24, 2.45) is 0 Å². The van der Waals surface area contributed by atoms with E-state index in [1.165, 1.54) is 14.2 Å². The van der Waals surface area contributed by atoms with Gasteiger partial charge >= 0.3 is 6.09 Å². The predicted molar refractivity (Wildman–Crippen MR) is 111 cm³/mol. The molecular weight excluding hydrogens is 430 g/mol. The maximum Gasteiger partial charge on any atom is 0.407 e. The Morgan fingerprint density at radius 1 is 1.13 bits per heavy atom. The molecule has 31 heavy (non-hydrogen) atoms. The van der Waals surface area contributed by atoms with Crippen LogP contribution in [0.2, 0.25) is 0 Å². The van der Waals surface area contributed by atoms with Crippen LogP contribution in [0.1, 0.15) is 26.3 Å². The molecule has 0 bridgehead atoms. The minimum absolute atomic E-state index is 0.103. The van der Waals surface area contributed by atoms with Gasteiger partial charge in [0.1, 0.15) is 18.8 Å². The van der Waals surface area contributed by atoms with Gasteiger partial charge in [-0.3, -0.25) is 4.18 Å². The molecule has 1 amide bonds. The molecule has 1 N–H and O–H groups in total. The van der Waals surface area contributed by atoms with E-state index in [4.69, 9.17) is 27.9 Å². The largest absolute Gasteiger partial charge is 0.445 e. The quantitative estimate of drug-likeness (QED) is 0.411. The topological polar surface area (TPSA) is 119 Å². The molecule has 0 unspecified atom stereocenters. The van der Waals surface area contributed by atoms with Crippen LogP contribution in [0.25, 0.3) is 0 Å². The lowest BCUT2D eigenvalue weighted by atomic mass is 10.0. The zero-order valence-electron chi connectivity index (χ0n) is 18.6. The van der Waals surface area contributed by atoms with E-state index < -0.39 is 52.6 Å². The standard InChI is InChI=1S/C20H31NO9S/c1-13(21-19(22)27-12-14-10-8-7-9-11-14)15-16(29-20(2,3)28-15)17(18(25-4)26-5)30-31(6,23)24/h7-11,13,15-18H,12H2,1-6H3,(H,21,22)/t13-,15-,16-,17-/m1/s1. The zero-order valence-corrected chi connectivity index (χ0v) is 19.4. The van der Waals surface area contributed by atoms with Gasteiger partial charge in [0.25, 0.3) is 10.1 Å². The molecule has 1 aliphatic rings. The predicted octanol–water partition coefficient (Wildman–Crippen LogP) is 1.79. The number of rotatable bonds is 10. The molecule has 0 aromatic heterocycles. The third kappa shape index (κ3) is 7.70. The first kappa shape index (κ1) is 25.5. The van der Waals surface area contributed by atoms with Crippen molar-refractivity contribution in [1.29, 1.82) is 0 Å². The smallest absolute Gasteiger partial charge is 0.407 e. The van der Waals surface area contributed by atoms with E-state index in [1.54, 1.807) is 20.8 Å². The fourth-order valence-electron chi connectivity index (χ4n) is 3.31. The Hall–Kier alpha value is -1.76. The maximum absolute atomic E-state index is 12.3. The van der Waals surface area contributed by atoms with Gasteiger partial charge in [-0.05, 0) is 26.3 Å². The van der Waals surface area contributed by atoms with Crippen LogP contribution in [0.5, 0.6) is 0 Å². The average Bonchev–Trinajstić information content (AvgIpc) is 3.02. The van der Waals surface area contributed by atoms with Crippen molar-refractivity contribution in [3.8, 4) is 0 Å². The van der Waals surface area contributed by atoms with Crippen LogP contribution >= 0.6 is 0 Å². The molecule has 1 saturated heterocycles. The van der Waals surface area contributed by atoms with Gasteiger partial charge in [-0.15, -0.1) is 0 Å². The van der Waals surface area contributed by atoms with Crippen molar-refractivity contribution in [2.75, 3.05) is 20.5 Å². The minimum Gasteiger partial charge on any atom is -0.445 e. The Morgan fingerprint density at radius 2 is 1.71 bits per heavy atom. The van der Waals surface area contributed by atoms with E-state index in [-0.39, 0.29) is 6.61 Å². The van der Waals surface area contributed by atoms with Crippen LogP contribution in [0.15, 0.2) is 30.3 Å². The Bertz CT molecular complexity index is 811. The van der Waals surface area contributed by atoms with Crippen molar-refractivity contribution < 1.29 is 41.1 Å². The number of amides is 1. The van der Waals surface area contributed by atoms with Gasteiger partial charge in [0, 0.05) is 14.2 Å². The molecule has 1 fully saturated rings. The highest BCUT2D eigenvalue weighted by atomic mass is 32.2. The summed E-state index contributed by atoms with van der Waals surface area (Å²) in [4.78, 5) is 12.3. The van der Waals surface area contributed by atoms with Gasteiger partial charge in [0.2, 0.25) is 0 Å². The summed E-state index contributed by atoms with van der Waals surface area (Å²) in [6.07, 6.45) is -3.68. The van der Waals surface area contributed by atoms with E-state index in [1.807, 2.05) is 30.3 Å². The Balaban J connectivity index is 2.13. The first-order valence-electron chi connectivity index (χ1n) is 9.72. The Morgan fingerprint density at radius 3 is 2.26 bits per heavy atom. The number of ether oxygens (including phenoxy) is 5. The van der Waals surface area contributed by atoms with Gasteiger partial charge in [-0.1, -0.05) is 30.3 Å². The van der Waals surface area contributed by atoms with E-state index in [9.17, 15) is 13.2 Å². The summed E-state index contributed by atoms with van der Waals surface area (Å²) in [5.41, 5.74) is 0.842. The highest BCUT2D eigenvalue weighted by Crippen LogP contribution is 2.34. The van der Waals surface area contributed by atoms with E-state index in [2.05, 4.69) is 5.32 Å². The normalized spacial score (nSPS) is 22.8. The van der Waals surface area contributed by atoms with Gasteiger partial charge < -0.3 is 29.0 Å². The SMILES string of the molecule is COC(OC)[C@H](OS(C)(=O)=O)[C@@H]1OC(C)(C)O[C@@H]1[C@@H](C)NC(=O)OCc1ccccc1. The molecule has 0 radical (unpaired) electrons. The van der Waals surface area contributed by atoms with Crippen molar-refractivity contribution in [2.45, 2.75) is 63.8 Å². The molecule has 176 valence electrons. The van der Waals surface area contributed by atoms with Gasteiger partial charge in [-0.2, -0.15) is 8.42 Å². The molecule has 0 spiro atoms. The number of alkyl carbamates (subject to hydrolysis) is 1. The van der Waals surface area contributed by atoms with Gasteiger partial charge in [0.15, 0.2) is 18.2 Å². The number of benzene rings is 1. The van der Waals surface area contributed by atoms with Crippen molar-refractivity contribution in [1.82, 2.24) is 5.32 Å². The van der Waals surface area contributed by atoms with E-state index in [0.29, 0.717) is 0 Å². The van der Waals surface area contributed by atoms with Gasteiger partial charge in [-0.25, -0.2) is 4.79 Å². The Labute approximate surface area is 183 Å². The molecule has 1 aromatic carbocycles. The lowest BCUT2D eigenvalue weighted by Crippen LogP contribution is -2.53. The first-order chi connectivity index (χ1) is 14.5. The molecule has 0 aliphatic carbocycles. The second-order valence-electron chi connectivity index (χ2n) is 7.66. The van der Waals surface area contributed by atoms with Crippen LogP contribution in [0.3, 0.4) is 0 Å². The van der Waals surface area contributed by atoms with Crippen LogP contribution in [0.4, 0.5) is 4.79 Å². The fourth-order valence-corrected chi connectivity index (χ4v) is 3.92. The summed E-state index contributed by atoms with van der Waals surface area (Å²) in [7, 11) is -1.18. The van der Waals surface area contributed by atoms with Crippen molar-refractivity contribution in [3.05, 3.63) is 35.9 Å². The first-order valence-corrected chi connectivity index (χ1v) is 11.5. The monoisotopic (exact) mass is 461 g/mol. The molecule has 10 nitrogen and oxygen atoms in total. The van der Waals surface area contributed by atoms with E-state index in [0.717, 1.165) is 11.8 Å². The fraction of sp³-hybridized carbons (Fsp3) is 0.650. The number of methoxy groups -OCH3 is 2. The summed E-state index contributed by atoms with van der Waals surface area (Å²) >= 11 is 0. The van der Waals surface area contributed by atoms with Crippen molar-refractivity contribution >= 4 is 16.2 Å². The molecule has 1 aliphatic heterocycles. The average molecular weight is 462 g/mol. The third-order valence-electron chi connectivity index (χ3n) is 4.56. The minimum atomic E-state index is -3.88. The summed E-state index contributed by atoms with van der Waals surface area (Å²) in [5.74, 6) is -1.07. The summed E-state index contributed by atoms with van der Waals surface area (Å²) in [5, 5.41) is 2.70. The number of carbonyl (C=O) groups is 1. The second-order valence-corrected chi connectivity index (χ2v) is 9.26. The summed E-state index contributed by atoms with van der Waals surface area (Å²) < 4.78 is 56.5. The molecule has 2 rings (SSSR count). The second kappa shape index (κ2) is 10.7. The number of hydrogen-bond donors (Lipinski definition) is 1. The molecule has 0 saturated carbocycles. The lowest BCUT2D eigenvalue weighted by molar-refractivity contribution is -0.200. The third-order valence-corrected chi connectivity index (χ3v) is 5.13. The molecule has 1 heterocycles. The Kier molecular flexibility index (Phi) is 8.81. The van der Waals surface area contributed by atoms with Crippen LogP contribution in [0, 0.1) is 0 Å². The number of nitrogens with one attached hydrogen (secondary N) is 1. The number of hydrogen-bond acceptors (Lipinski definition) is 9. The molecule has 1 aromatic rings. The highest BCUT2D eigenvalue weighted by Gasteiger charge is 2.51. The summed E-state index contributed by atoms with van der Waals surface area (Å²) in [6.45, 7) is 5.14. The molecular formula is C20H31NO9S. The lowest BCUT2D eigenvalue weighted by Gasteiger charge is -2.32. The highest BCUT2D eigenvalue weighted by molar-refractivity contribution is 7.86. The molecule has 4 atom stereocenters. The van der Waals surface area contributed by atoms with E-state index >= 15 is 0 Å². The van der Waals surface area contributed by atoms with Crippen LogP contribution < -0.4 is 5.32 Å². The number of carbonyl (C=O) groups excluding carboxylic acids is 1. The summed E-state index contributed by atoms with van der Waals surface area (Å²) in [6, 6.07) is 8.62. The van der Waals surface area contributed by atoms with Gasteiger partial charge in [0.05, 0.1) is 12.3 Å².